The van der Waals surface area contributed by atoms with Gasteiger partial charge >= 0.3 is 5.97 Å². The summed E-state index contributed by atoms with van der Waals surface area (Å²) < 4.78 is 4.48. The third kappa shape index (κ3) is 6.00. The predicted molar refractivity (Wildman–Crippen MR) is 58.9 cm³/mol. The highest BCUT2D eigenvalue weighted by molar-refractivity contribution is 5.82. The number of carbonyl (C=O) groups excluding carboxylic acids is 1. The van der Waals surface area contributed by atoms with Gasteiger partial charge in [0.15, 0.2) is 0 Å². The average Bonchev–Trinajstić information content (AvgIpc) is 2.17. The van der Waals surface area contributed by atoms with E-state index >= 15 is 0 Å². The summed E-state index contributed by atoms with van der Waals surface area (Å²) in [5.74, 6) is -0.354. The normalized spacial score (nSPS) is 12.4. The molecule has 0 heterocycles. The van der Waals surface area contributed by atoms with E-state index in [4.69, 9.17) is 0 Å². The van der Waals surface area contributed by atoms with E-state index in [-0.39, 0.29) is 5.97 Å². The minimum absolute atomic E-state index is 0.354. The highest BCUT2D eigenvalue weighted by Gasteiger charge is 1.90. The molecule has 0 atom stereocenters. The van der Waals surface area contributed by atoms with Gasteiger partial charge in [0, 0.05) is 6.08 Å². The van der Waals surface area contributed by atoms with E-state index < -0.39 is 0 Å². The first-order chi connectivity index (χ1) is 6.60. The van der Waals surface area contributed by atoms with Gasteiger partial charge in [0.2, 0.25) is 0 Å². The Morgan fingerprint density at radius 1 is 1.21 bits per heavy atom. The Bertz CT molecular complexity index is 293. The molecule has 2 heteroatoms. The van der Waals surface area contributed by atoms with Crippen LogP contribution in [0, 0.1) is 0 Å². The molecule has 0 amide bonds. The second-order valence-corrected chi connectivity index (χ2v) is 2.82. The van der Waals surface area contributed by atoms with Gasteiger partial charge in [-0.25, -0.2) is 4.79 Å². The molecule has 0 aromatic rings. The Labute approximate surface area is 85.3 Å². The van der Waals surface area contributed by atoms with Gasteiger partial charge in [-0.2, -0.15) is 0 Å². The first-order valence-electron chi connectivity index (χ1n) is 4.36. The Morgan fingerprint density at radius 2 is 1.79 bits per heavy atom. The van der Waals surface area contributed by atoms with E-state index in [0.29, 0.717) is 0 Å². The van der Waals surface area contributed by atoms with Crippen molar-refractivity contribution in [3.8, 4) is 0 Å². The minimum atomic E-state index is -0.354. The van der Waals surface area contributed by atoms with Crippen molar-refractivity contribution in [3.05, 3.63) is 48.1 Å². The molecule has 0 aliphatic rings. The third-order valence-corrected chi connectivity index (χ3v) is 1.51. The molecule has 0 unspecified atom stereocenters. The largest absolute Gasteiger partial charge is 0.466 e. The van der Waals surface area contributed by atoms with Crippen molar-refractivity contribution < 1.29 is 9.53 Å². The maximum absolute atomic E-state index is 10.8. The van der Waals surface area contributed by atoms with Crippen LogP contribution in [0.1, 0.15) is 13.8 Å². The second kappa shape index (κ2) is 6.89. The van der Waals surface area contributed by atoms with E-state index in [0.717, 1.165) is 11.1 Å². The Kier molecular flexibility index (Phi) is 6.12. The third-order valence-electron chi connectivity index (χ3n) is 1.51. The van der Waals surface area contributed by atoms with Gasteiger partial charge in [0.1, 0.15) is 0 Å². The molecule has 0 saturated heterocycles. The summed E-state index contributed by atoms with van der Waals surface area (Å²) in [6.07, 6.45) is 8.76. The van der Waals surface area contributed by atoms with Crippen molar-refractivity contribution in [2.24, 2.45) is 0 Å². The summed E-state index contributed by atoms with van der Waals surface area (Å²) >= 11 is 0. The van der Waals surface area contributed by atoms with Crippen molar-refractivity contribution in [3.63, 3.8) is 0 Å². The first-order valence-corrected chi connectivity index (χ1v) is 4.36. The zero-order valence-corrected chi connectivity index (χ0v) is 8.91. The van der Waals surface area contributed by atoms with Crippen LogP contribution in [0.4, 0.5) is 0 Å². The quantitative estimate of drug-likeness (QED) is 0.389. The Hall–Kier alpha value is -1.57. The lowest BCUT2D eigenvalue weighted by Crippen LogP contribution is -1.93. The highest BCUT2D eigenvalue weighted by Crippen LogP contribution is 2.02. The maximum atomic E-state index is 10.8. The molecule has 0 radical (unpaired) electrons. The maximum Gasteiger partial charge on any atom is 0.330 e. The molecule has 0 rings (SSSR count). The second-order valence-electron chi connectivity index (χ2n) is 2.82. The molecule has 0 N–H and O–H groups in total. The van der Waals surface area contributed by atoms with Crippen LogP contribution in [0.3, 0.4) is 0 Å². The number of methoxy groups -OCH3 is 1. The topological polar surface area (TPSA) is 26.3 Å². The van der Waals surface area contributed by atoms with Crippen LogP contribution in [0.2, 0.25) is 0 Å². The van der Waals surface area contributed by atoms with Crippen molar-refractivity contribution in [2.75, 3.05) is 7.11 Å². The van der Waals surface area contributed by atoms with Crippen LogP contribution in [-0.2, 0) is 9.53 Å². The molecule has 0 fully saturated rings. The summed E-state index contributed by atoms with van der Waals surface area (Å²) in [5, 5.41) is 0. The molecular weight excluding hydrogens is 176 g/mol. The lowest BCUT2D eigenvalue weighted by Gasteiger charge is -1.93. The number of esters is 1. The van der Waals surface area contributed by atoms with E-state index in [1.165, 1.54) is 13.2 Å². The van der Waals surface area contributed by atoms with E-state index in [1.807, 2.05) is 32.1 Å². The average molecular weight is 192 g/mol. The van der Waals surface area contributed by atoms with Crippen molar-refractivity contribution >= 4 is 5.97 Å². The summed E-state index contributed by atoms with van der Waals surface area (Å²) in [7, 11) is 1.35. The van der Waals surface area contributed by atoms with Crippen molar-refractivity contribution in [1.82, 2.24) is 0 Å². The smallest absolute Gasteiger partial charge is 0.330 e. The fourth-order valence-electron chi connectivity index (χ4n) is 0.719. The molecule has 0 aromatic carbocycles. The lowest BCUT2D eigenvalue weighted by atomic mass is 10.2. The van der Waals surface area contributed by atoms with Gasteiger partial charge in [-0.05, 0) is 25.5 Å². The van der Waals surface area contributed by atoms with Crippen molar-refractivity contribution in [2.45, 2.75) is 13.8 Å². The lowest BCUT2D eigenvalue weighted by molar-refractivity contribution is -0.134. The summed E-state index contributed by atoms with van der Waals surface area (Å²) in [6.45, 7) is 7.56. The van der Waals surface area contributed by atoms with Crippen LogP contribution in [0.25, 0.3) is 0 Å². The number of hydrogen-bond donors (Lipinski definition) is 0. The zero-order chi connectivity index (χ0) is 11.0. The van der Waals surface area contributed by atoms with Crippen LogP contribution in [0.15, 0.2) is 48.1 Å². The summed E-state index contributed by atoms with van der Waals surface area (Å²) in [4.78, 5) is 10.8. The first kappa shape index (κ1) is 12.4. The SMILES string of the molecule is C=C(C)\C=C/C(/C=C/C(=O)OC)=C\C. The van der Waals surface area contributed by atoms with Crippen molar-refractivity contribution in [1.29, 1.82) is 0 Å². The van der Waals surface area contributed by atoms with Gasteiger partial charge in [-0.3, -0.25) is 0 Å². The molecule has 0 aliphatic carbocycles. The highest BCUT2D eigenvalue weighted by atomic mass is 16.5. The molecular formula is C12H16O2. The Morgan fingerprint density at radius 3 is 2.21 bits per heavy atom. The van der Waals surface area contributed by atoms with Gasteiger partial charge in [0.25, 0.3) is 0 Å². The van der Waals surface area contributed by atoms with E-state index in [2.05, 4.69) is 11.3 Å². The molecule has 14 heavy (non-hydrogen) atoms. The molecule has 0 aromatic heterocycles. The molecule has 0 bridgehead atoms. The van der Waals surface area contributed by atoms with Crippen LogP contribution in [-0.4, -0.2) is 13.1 Å². The summed E-state index contributed by atoms with van der Waals surface area (Å²) in [6, 6.07) is 0. The predicted octanol–water partition coefficient (Wildman–Crippen LogP) is 2.79. The molecule has 2 nitrogen and oxygen atoms in total. The fraction of sp³-hybridized carbons (Fsp3) is 0.250. The van der Waals surface area contributed by atoms with E-state index in [1.54, 1.807) is 6.08 Å². The molecule has 0 aliphatic heterocycles. The van der Waals surface area contributed by atoms with Gasteiger partial charge in [-0.1, -0.05) is 30.4 Å². The van der Waals surface area contributed by atoms with Crippen LogP contribution in [0.5, 0.6) is 0 Å². The number of carbonyl (C=O) groups is 1. The molecule has 0 spiro atoms. The number of hydrogen-bond acceptors (Lipinski definition) is 2. The monoisotopic (exact) mass is 192 g/mol. The number of ether oxygens (including phenoxy) is 1. The zero-order valence-electron chi connectivity index (χ0n) is 8.91. The fourth-order valence-corrected chi connectivity index (χ4v) is 0.719. The standard InChI is InChI=1S/C12H16O2/c1-5-11(7-6-10(2)3)8-9-12(13)14-4/h5-9H,2H2,1,3-4H3/b7-6-,9-8+,11-5+. The number of allylic oxidation sites excluding steroid dienone is 6. The summed E-state index contributed by atoms with van der Waals surface area (Å²) in [5.41, 5.74) is 1.91. The van der Waals surface area contributed by atoms with Gasteiger partial charge < -0.3 is 4.74 Å². The van der Waals surface area contributed by atoms with E-state index in [9.17, 15) is 4.79 Å². The van der Waals surface area contributed by atoms with Gasteiger partial charge in [-0.15, -0.1) is 0 Å². The molecule has 76 valence electrons. The van der Waals surface area contributed by atoms with Gasteiger partial charge in [0.05, 0.1) is 7.11 Å². The number of rotatable bonds is 4. The Balaban J connectivity index is 4.39. The minimum Gasteiger partial charge on any atom is -0.466 e. The van der Waals surface area contributed by atoms with Crippen LogP contribution < -0.4 is 0 Å². The van der Waals surface area contributed by atoms with Crippen LogP contribution >= 0.6 is 0 Å². The molecule has 0 saturated carbocycles.